The summed E-state index contributed by atoms with van der Waals surface area (Å²) in [5.74, 6) is -3.79. The van der Waals surface area contributed by atoms with E-state index in [-0.39, 0.29) is 18.1 Å². The fourth-order valence-corrected chi connectivity index (χ4v) is 2.77. The van der Waals surface area contributed by atoms with Gasteiger partial charge in [-0.15, -0.1) is 5.10 Å². The SMILES string of the molecule is CC[C@H](O)Cc1nc(Nc2ccc(F)c(F)c2F)nn1-c1cc(C)nc(C)c1. The van der Waals surface area contributed by atoms with Crippen molar-refractivity contribution < 1.29 is 18.3 Å². The molecule has 1 aromatic carbocycles. The molecule has 6 nitrogen and oxygen atoms in total. The molecule has 0 amide bonds. The summed E-state index contributed by atoms with van der Waals surface area (Å²) < 4.78 is 42.1. The summed E-state index contributed by atoms with van der Waals surface area (Å²) >= 11 is 0. The zero-order chi connectivity index (χ0) is 20.4. The highest BCUT2D eigenvalue weighted by atomic mass is 19.2. The second-order valence-electron chi connectivity index (χ2n) is 6.49. The van der Waals surface area contributed by atoms with Crippen LogP contribution in [0.5, 0.6) is 0 Å². The second-order valence-corrected chi connectivity index (χ2v) is 6.49. The Kier molecular flexibility index (Phi) is 5.64. The van der Waals surface area contributed by atoms with Crippen LogP contribution in [0.25, 0.3) is 5.69 Å². The van der Waals surface area contributed by atoms with Gasteiger partial charge < -0.3 is 10.4 Å². The predicted octanol–water partition coefficient (Wildman–Crippen LogP) is 3.75. The molecule has 2 heterocycles. The molecule has 9 heteroatoms. The fourth-order valence-electron chi connectivity index (χ4n) is 2.77. The van der Waals surface area contributed by atoms with Gasteiger partial charge in [0, 0.05) is 17.8 Å². The Bertz CT molecular complexity index is 985. The molecule has 1 atom stereocenters. The number of aromatic nitrogens is 4. The molecule has 2 N–H and O–H groups in total. The van der Waals surface area contributed by atoms with Crippen LogP contribution >= 0.6 is 0 Å². The van der Waals surface area contributed by atoms with Gasteiger partial charge in [-0.2, -0.15) is 4.98 Å². The molecular weight excluding hydrogens is 371 g/mol. The van der Waals surface area contributed by atoms with Crippen LogP contribution in [0.3, 0.4) is 0 Å². The molecule has 0 spiro atoms. The van der Waals surface area contributed by atoms with Gasteiger partial charge in [-0.1, -0.05) is 6.92 Å². The van der Waals surface area contributed by atoms with E-state index in [1.165, 1.54) is 4.68 Å². The summed E-state index contributed by atoms with van der Waals surface area (Å²) in [6.45, 7) is 5.51. The van der Waals surface area contributed by atoms with Crippen molar-refractivity contribution in [3.05, 3.63) is 58.9 Å². The monoisotopic (exact) mass is 391 g/mol. The normalized spacial score (nSPS) is 12.2. The molecule has 0 bridgehead atoms. The fraction of sp³-hybridized carbons (Fsp3) is 0.316. The van der Waals surface area contributed by atoms with E-state index in [1.807, 2.05) is 20.8 Å². The van der Waals surface area contributed by atoms with Crippen molar-refractivity contribution in [2.75, 3.05) is 5.32 Å². The van der Waals surface area contributed by atoms with Crippen molar-refractivity contribution in [1.29, 1.82) is 0 Å². The molecule has 0 aliphatic rings. The van der Waals surface area contributed by atoms with E-state index in [0.717, 1.165) is 23.5 Å². The smallest absolute Gasteiger partial charge is 0.247 e. The minimum Gasteiger partial charge on any atom is -0.393 e. The topological polar surface area (TPSA) is 75.9 Å². The van der Waals surface area contributed by atoms with E-state index in [1.54, 1.807) is 12.1 Å². The van der Waals surface area contributed by atoms with E-state index in [4.69, 9.17) is 0 Å². The maximum Gasteiger partial charge on any atom is 0.247 e. The van der Waals surface area contributed by atoms with Crippen LogP contribution in [0.1, 0.15) is 30.6 Å². The number of nitrogens with one attached hydrogen (secondary N) is 1. The summed E-state index contributed by atoms with van der Waals surface area (Å²) in [4.78, 5) is 8.62. The Hall–Kier alpha value is -2.94. The molecule has 3 aromatic rings. The molecule has 28 heavy (non-hydrogen) atoms. The van der Waals surface area contributed by atoms with Gasteiger partial charge in [0.25, 0.3) is 0 Å². The molecule has 2 aromatic heterocycles. The largest absolute Gasteiger partial charge is 0.393 e. The number of nitrogens with zero attached hydrogens (tertiary/aromatic N) is 4. The third-order valence-corrected chi connectivity index (χ3v) is 4.16. The third-order valence-electron chi connectivity index (χ3n) is 4.16. The molecule has 148 valence electrons. The van der Waals surface area contributed by atoms with Crippen molar-refractivity contribution >= 4 is 11.6 Å². The third kappa shape index (κ3) is 4.14. The van der Waals surface area contributed by atoms with Gasteiger partial charge in [0.2, 0.25) is 5.95 Å². The molecule has 0 aliphatic heterocycles. The summed E-state index contributed by atoms with van der Waals surface area (Å²) in [6.07, 6.45) is 0.0908. The molecule has 0 radical (unpaired) electrons. The van der Waals surface area contributed by atoms with Gasteiger partial charge in [-0.3, -0.25) is 4.98 Å². The van der Waals surface area contributed by atoms with Gasteiger partial charge in [0.05, 0.1) is 17.5 Å². The summed E-state index contributed by atoms with van der Waals surface area (Å²) in [7, 11) is 0. The van der Waals surface area contributed by atoms with E-state index in [9.17, 15) is 18.3 Å². The first kappa shape index (κ1) is 19.8. The van der Waals surface area contributed by atoms with Crippen LogP contribution in [0.4, 0.5) is 24.8 Å². The van der Waals surface area contributed by atoms with Crippen molar-refractivity contribution in [2.24, 2.45) is 0 Å². The lowest BCUT2D eigenvalue weighted by Gasteiger charge is -2.10. The van der Waals surface area contributed by atoms with Crippen molar-refractivity contribution in [3.63, 3.8) is 0 Å². The lowest BCUT2D eigenvalue weighted by atomic mass is 10.2. The molecule has 0 saturated carbocycles. The van der Waals surface area contributed by atoms with Gasteiger partial charge in [-0.25, -0.2) is 17.9 Å². The van der Waals surface area contributed by atoms with Gasteiger partial charge >= 0.3 is 0 Å². The Morgan fingerprint density at radius 2 is 1.75 bits per heavy atom. The van der Waals surface area contributed by atoms with Crippen LogP contribution in [-0.2, 0) is 6.42 Å². The molecular formula is C19H20F3N5O. The van der Waals surface area contributed by atoms with Crippen molar-refractivity contribution in [2.45, 2.75) is 39.7 Å². The van der Waals surface area contributed by atoms with Crippen LogP contribution in [0, 0.1) is 31.3 Å². The molecule has 0 fully saturated rings. The zero-order valence-corrected chi connectivity index (χ0v) is 15.7. The average molecular weight is 391 g/mol. The Labute approximate surface area is 160 Å². The minimum absolute atomic E-state index is 0.00432. The standard InChI is InChI=1S/C19H20F3N5O/c1-4-13(28)9-16-25-19(24-15-6-5-14(20)17(21)18(15)22)26-27(16)12-7-10(2)23-11(3)8-12/h5-8,13,28H,4,9H2,1-3H3,(H,24,26)/t13-/m0/s1. The van der Waals surface area contributed by atoms with Gasteiger partial charge in [-0.05, 0) is 44.5 Å². The van der Waals surface area contributed by atoms with E-state index in [0.29, 0.717) is 17.9 Å². The zero-order valence-electron chi connectivity index (χ0n) is 15.7. The van der Waals surface area contributed by atoms with Crippen molar-refractivity contribution in [1.82, 2.24) is 19.7 Å². The number of halogens is 3. The summed E-state index contributed by atoms with van der Waals surface area (Å²) in [6, 6.07) is 5.47. The number of rotatable bonds is 6. The first-order chi connectivity index (χ1) is 13.3. The minimum atomic E-state index is -1.58. The highest BCUT2D eigenvalue weighted by Crippen LogP contribution is 2.23. The van der Waals surface area contributed by atoms with Gasteiger partial charge in [0.15, 0.2) is 17.5 Å². The van der Waals surface area contributed by atoms with E-state index in [2.05, 4.69) is 20.4 Å². The number of pyridine rings is 1. The first-order valence-electron chi connectivity index (χ1n) is 8.78. The molecule has 0 unspecified atom stereocenters. The summed E-state index contributed by atoms with van der Waals surface area (Å²) in [5, 5.41) is 16.9. The lowest BCUT2D eigenvalue weighted by molar-refractivity contribution is 0.167. The second kappa shape index (κ2) is 7.97. The van der Waals surface area contributed by atoms with Crippen LogP contribution in [0.15, 0.2) is 24.3 Å². The summed E-state index contributed by atoms with van der Waals surface area (Å²) in [5.41, 5.74) is 1.93. The number of aliphatic hydroxyl groups excluding tert-OH is 1. The van der Waals surface area contributed by atoms with E-state index >= 15 is 0 Å². The van der Waals surface area contributed by atoms with Crippen LogP contribution < -0.4 is 5.32 Å². The first-order valence-corrected chi connectivity index (χ1v) is 8.78. The van der Waals surface area contributed by atoms with Crippen LogP contribution in [-0.4, -0.2) is 31.0 Å². The number of hydrogen-bond acceptors (Lipinski definition) is 5. The molecule has 0 aliphatic carbocycles. The van der Waals surface area contributed by atoms with E-state index < -0.39 is 23.6 Å². The highest BCUT2D eigenvalue weighted by Gasteiger charge is 2.18. The number of aryl methyl sites for hydroxylation is 2. The maximum absolute atomic E-state index is 14.0. The molecule has 3 rings (SSSR count). The Morgan fingerprint density at radius 1 is 1.07 bits per heavy atom. The number of anilines is 2. The highest BCUT2D eigenvalue weighted by molar-refractivity contribution is 5.54. The van der Waals surface area contributed by atoms with Gasteiger partial charge in [0.1, 0.15) is 5.82 Å². The Morgan fingerprint density at radius 3 is 2.39 bits per heavy atom. The number of aliphatic hydroxyl groups is 1. The molecule has 0 saturated heterocycles. The number of hydrogen-bond donors (Lipinski definition) is 2. The number of benzene rings is 1. The van der Waals surface area contributed by atoms with Crippen LogP contribution in [0.2, 0.25) is 0 Å². The quantitative estimate of drug-likeness (QED) is 0.626. The van der Waals surface area contributed by atoms with Crippen molar-refractivity contribution in [3.8, 4) is 5.69 Å². The maximum atomic E-state index is 14.0. The average Bonchev–Trinajstić information content (AvgIpc) is 3.03. The lowest BCUT2D eigenvalue weighted by Crippen LogP contribution is -2.14. The Balaban J connectivity index is 2.02. The predicted molar refractivity (Wildman–Crippen MR) is 98.2 cm³/mol.